The number of methoxy groups -OCH3 is 2. The van der Waals surface area contributed by atoms with Gasteiger partial charge in [-0.25, -0.2) is 13.2 Å². The third-order valence-corrected chi connectivity index (χ3v) is 15.5. The molecular formula is C50H83N7O13S. The minimum absolute atomic E-state index is 0.00359. The van der Waals surface area contributed by atoms with Gasteiger partial charge < -0.3 is 45.1 Å². The molecule has 1 aromatic rings. The van der Waals surface area contributed by atoms with Gasteiger partial charge in [0.2, 0.25) is 33.7 Å². The van der Waals surface area contributed by atoms with Gasteiger partial charge in [-0.1, -0.05) is 73.4 Å². The van der Waals surface area contributed by atoms with E-state index < -0.39 is 87.5 Å². The average molecular weight is 1020 g/mol. The molecule has 402 valence electrons. The van der Waals surface area contributed by atoms with Crippen molar-refractivity contribution in [2.45, 2.75) is 167 Å². The van der Waals surface area contributed by atoms with Crippen LogP contribution in [0.4, 0.5) is 4.79 Å². The summed E-state index contributed by atoms with van der Waals surface area (Å²) >= 11 is 0. The van der Waals surface area contributed by atoms with Crippen molar-refractivity contribution in [3.8, 4) is 5.75 Å². The van der Waals surface area contributed by atoms with Crippen molar-refractivity contribution in [2.75, 3.05) is 48.5 Å². The molecule has 0 radical (unpaired) electrons. The summed E-state index contributed by atoms with van der Waals surface area (Å²) in [5.41, 5.74) is 0.522. The molecule has 2 aliphatic rings. The van der Waals surface area contributed by atoms with E-state index in [0.29, 0.717) is 70.0 Å². The fraction of sp³-hybridized carbons (Fsp3) is 0.740. The van der Waals surface area contributed by atoms with Crippen LogP contribution in [0.25, 0.3) is 0 Å². The van der Waals surface area contributed by atoms with E-state index in [1.54, 1.807) is 35.9 Å². The highest BCUT2D eigenvalue weighted by Gasteiger charge is 2.44. The molecule has 1 aliphatic carbocycles. The van der Waals surface area contributed by atoms with Crippen LogP contribution in [0.5, 0.6) is 5.75 Å². The fourth-order valence-corrected chi connectivity index (χ4v) is 10.8. The Morgan fingerprint density at radius 3 is 2.01 bits per heavy atom. The molecular weight excluding hydrogens is 939 g/mol. The Labute approximate surface area is 421 Å². The van der Waals surface area contributed by atoms with Gasteiger partial charge in [-0.2, -0.15) is 0 Å². The largest absolute Gasteiger partial charge is 0.481 e. The summed E-state index contributed by atoms with van der Waals surface area (Å²) in [5.74, 6) is -4.30. The fourth-order valence-electron chi connectivity index (χ4n) is 9.44. The Balaban J connectivity index is 1.78. The topological polar surface area (TPSA) is 259 Å². The first-order valence-corrected chi connectivity index (χ1v) is 26.6. The van der Waals surface area contributed by atoms with Crippen molar-refractivity contribution >= 4 is 51.6 Å². The van der Waals surface area contributed by atoms with E-state index in [9.17, 15) is 42.0 Å². The summed E-state index contributed by atoms with van der Waals surface area (Å²) in [6, 6.07) is 2.44. The number of nitrogens with zero attached hydrogens (tertiary/aromatic N) is 3. The standard InChI is InChI=1S/C50H83N7O13S/c1-13-32(6)44(56(10)49(64)42(30(2)3)53-48(63)43(31(4)5)55(8)9)39(68-11)29-40(58)57-27-17-18-38(57)45(69-12)33(7)46(61)52-37(47(62)54-71(66,67)36-24-25-36)28-34-20-22-35(23-21-34)70-50(65)51-26-16-14-15-19-41(59)60/h20-23,30-33,36-39,42-45H,13-19,24-29H2,1-12H3,(H,51,65)(H,52,61)(H,53,63)(H,54,62)(H,59,60)/t32-,33+,37-,38-,39+,42-,43-,44-,45+/m0/s1. The average Bonchev–Trinajstić information content (AvgIpc) is 4.07. The number of carbonyl (C=O) groups is 7. The number of aliphatic carboxylic acids is 1. The predicted octanol–water partition coefficient (Wildman–Crippen LogP) is 3.70. The van der Waals surface area contributed by atoms with Gasteiger partial charge in [0, 0.05) is 47.2 Å². The second kappa shape index (κ2) is 28.4. The second-order valence-electron chi connectivity index (χ2n) is 20.1. The number of hydrogen-bond donors (Lipinski definition) is 5. The molecule has 20 nitrogen and oxygen atoms in total. The van der Waals surface area contributed by atoms with Gasteiger partial charge >= 0.3 is 12.1 Å². The van der Waals surface area contributed by atoms with Crippen LogP contribution in [0.15, 0.2) is 24.3 Å². The number of carboxylic acids is 1. The molecule has 1 aromatic carbocycles. The number of likely N-dealkylation sites (tertiary alicyclic amines) is 1. The summed E-state index contributed by atoms with van der Waals surface area (Å²) in [6.07, 6.45) is 1.87. The van der Waals surface area contributed by atoms with Crippen LogP contribution in [-0.2, 0) is 54.7 Å². The maximum absolute atomic E-state index is 14.4. The van der Waals surface area contributed by atoms with Gasteiger partial charge in [0.15, 0.2) is 0 Å². The number of sulfonamides is 1. The van der Waals surface area contributed by atoms with Crippen molar-refractivity contribution in [1.29, 1.82) is 0 Å². The molecule has 0 spiro atoms. The highest BCUT2D eigenvalue weighted by molar-refractivity contribution is 7.90. The van der Waals surface area contributed by atoms with Crippen LogP contribution < -0.4 is 25.4 Å². The van der Waals surface area contributed by atoms with E-state index in [4.69, 9.17) is 19.3 Å². The third-order valence-electron chi connectivity index (χ3n) is 13.7. The van der Waals surface area contributed by atoms with Crippen molar-refractivity contribution in [3.63, 3.8) is 0 Å². The number of likely N-dealkylation sites (N-methyl/N-ethyl adjacent to an activating group) is 2. The number of unbranched alkanes of at least 4 members (excludes halogenated alkanes) is 2. The lowest BCUT2D eigenvalue weighted by molar-refractivity contribution is -0.148. The van der Waals surface area contributed by atoms with E-state index in [-0.39, 0.29) is 60.5 Å². The van der Waals surface area contributed by atoms with Gasteiger partial charge in [0.05, 0.1) is 47.9 Å². The molecule has 1 saturated carbocycles. The maximum atomic E-state index is 14.4. The smallest absolute Gasteiger partial charge is 0.412 e. The van der Waals surface area contributed by atoms with Crippen LogP contribution in [-0.4, -0.2) is 166 Å². The van der Waals surface area contributed by atoms with Crippen LogP contribution in [0, 0.1) is 23.7 Å². The number of carbonyl (C=O) groups excluding carboxylic acids is 6. The van der Waals surface area contributed by atoms with Crippen LogP contribution in [0.3, 0.4) is 0 Å². The second-order valence-corrected chi connectivity index (χ2v) is 22.1. The molecule has 5 N–H and O–H groups in total. The molecule has 1 aliphatic heterocycles. The Kier molecular flexibility index (Phi) is 24.2. The van der Waals surface area contributed by atoms with Gasteiger partial charge in [-0.05, 0) is 88.1 Å². The zero-order valence-corrected chi connectivity index (χ0v) is 44.8. The summed E-state index contributed by atoms with van der Waals surface area (Å²) in [6.45, 7) is 13.9. The summed E-state index contributed by atoms with van der Waals surface area (Å²) in [7, 11) is 4.30. The summed E-state index contributed by atoms with van der Waals surface area (Å²) in [4.78, 5) is 98.4. The Bertz CT molecular complexity index is 2040. The SMILES string of the molecule is CC[C@H](C)[C@@H]([C@@H](CC(=O)N1CCC[C@H]1[C@H](OC)[C@@H](C)C(=O)N[C@@H](Cc1ccc(OC(=O)NCCCCCC(=O)O)cc1)C(=O)NS(=O)(=O)C1CC1)OC)N(C)C(=O)[C@@H](NC(=O)[C@H](C(C)C)N(C)C)C(C)C. The first kappa shape index (κ1) is 60.4. The van der Waals surface area contributed by atoms with Crippen LogP contribution in [0.1, 0.15) is 118 Å². The Morgan fingerprint density at radius 2 is 1.48 bits per heavy atom. The molecule has 0 unspecified atom stereocenters. The first-order valence-electron chi connectivity index (χ1n) is 25.1. The molecule has 1 saturated heterocycles. The molecule has 6 amide bonds. The minimum Gasteiger partial charge on any atom is -0.481 e. The highest BCUT2D eigenvalue weighted by Crippen LogP contribution is 2.31. The van der Waals surface area contributed by atoms with E-state index in [1.807, 2.05) is 60.5 Å². The normalized spacial score (nSPS) is 18.4. The van der Waals surface area contributed by atoms with Crippen molar-refractivity contribution in [1.82, 2.24) is 35.4 Å². The molecule has 3 rings (SSSR count). The number of hydrogen-bond acceptors (Lipinski definition) is 13. The Morgan fingerprint density at radius 1 is 0.831 bits per heavy atom. The van der Waals surface area contributed by atoms with E-state index >= 15 is 0 Å². The van der Waals surface area contributed by atoms with Gasteiger partial charge in [-0.15, -0.1) is 0 Å². The van der Waals surface area contributed by atoms with Crippen LogP contribution in [0.2, 0.25) is 0 Å². The molecule has 0 bridgehead atoms. The molecule has 1 heterocycles. The predicted molar refractivity (Wildman–Crippen MR) is 267 cm³/mol. The molecule has 2 fully saturated rings. The maximum Gasteiger partial charge on any atom is 0.412 e. The van der Waals surface area contributed by atoms with E-state index in [2.05, 4.69) is 20.7 Å². The number of benzene rings is 1. The van der Waals surface area contributed by atoms with Crippen molar-refractivity contribution < 1.29 is 61.3 Å². The number of carboxylic acid groups (broad SMARTS) is 1. The van der Waals surface area contributed by atoms with Gasteiger partial charge in [0.1, 0.15) is 17.8 Å². The number of amides is 6. The van der Waals surface area contributed by atoms with Crippen molar-refractivity contribution in [2.24, 2.45) is 23.7 Å². The monoisotopic (exact) mass is 1020 g/mol. The Hall–Kier alpha value is -4.86. The number of ether oxygens (including phenoxy) is 3. The lowest BCUT2D eigenvalue weighted by atomic mass is 9.89. The zero-order valence-electron chi connectivity index (χ0n) is 44.0. The van der Waals surface area contributed by atoms with Gasteiger partial charge in [-0.3, -0.25) is 38.4 Å². The summed E-state index contributed by atoms with van der Waals surface area (Å²) < 4.78 is 45.3. The van der Waals surface area contributed by atoms with Crippen molar-refractivity contribution in [3.05, 3.63) is 29.8 Å². The zero-order chi connectivity index (χ0) is 53.3. The third kappa shape index (κ3) is 18.0. The number of nitrogens with one attached hydrogen (secondary N) is 4. The van der Waals surface area contributed by atoms with Gasteiger partial charge in [0.25, 0.3) is 5.91 Å². The lowest BCUT2D eigenvalue weighted by Gasteiger charge is -2.41. The first-order chi connectivity index (χ1) is 33.4. The molecule has 21 heteroatoms. The summed E-state index contributed by atoms with van der Waals surface area (Å²) in [5, 5.41) is 16.5. The van der Waals surface area contributed by atoms with Crippen LogP contribution >= 0.6 is 0 Å². The highest BCUT2D eigenvalue weighted by atomic mass is 32.2. The van der Waals surface area contributed by atoms with E-state index in [0.717, 1.165) is 0 Å². The molecule has 71 heavy (non-hydrogen) atoms. The molecule has 0 aromatic heterocycles. The lowest BCUT2D eigenvalue weighted by Crippen LogP contribution is -2.59. The van der Waals surface area contributed by atoms with E-state index in [1.165, 1.54) is 26.4 Å². The minimum atomic E-state index is -3.99. The quantitative estimate of drug-likeness (QED) is 0.0689. The number of rotatable bonds is 30. The molecule has 9 atom stereocenters.